The van der Waals surface area contributed by atoms with Gasteiger partial charge in [-0.1, -0.05) is 13.3 Å². The zero-order valence-corrected chi connectivity index (χ0v) is 7.84. The first-order valence-corrected chi connectivity index (χ1v) is 5.57. The summed E-state index contributed by atoms with van der Waals surface area (Å²) in [5.74, 6) is 0. The van der Waals surface area contributed by atoms with Crippen LogP contribution in [0.3, 0.4) is 0 Å². The molecule has 1 aliphatic heterocycles. The minimum atomic E-state index is -4.11. The van der Waals surface area contributed by atoms with E-state index in [9.17, 15) is 13.0 Å². The van der Waals surface area contributed by atoms with Crippen LogP contribution in [0.25, 0.3) is 0 Å². The quantitative estimate of drug-likeness (QED) is 0.470. The van der Waals surface area contributed by atoms with E-state index < -0.39 is 15.4 Å². The van der Waals surface area contributed by atoms with Gasteiger partial charge in [0.1, 0.15) is 0 Å². The van der Waals surface area contributed by atoms with Gasteiger partial charge in [-0.2, -0.15) is 0 Å². The highest BCUT2D eigenvalue weighted by Crippen LogP contribution is 2.22. The van der Waals surface area contributed by atoms with Crippen LogP contribution in [0.1, 0.15) is 26.2 Å². The highest BCUT2D eigenvalue weighted by Gasteiger charge is 2.29. The van der Waals surface area contributed by atoms with Gasteiger partial charge in [0, 0.05) is 0 Å². The maximum atomic E-state index is 10.7. The van der Waals surface area contributed by atoms with Gasteiger partial charge < -0.3 is 9.29 Å². The Hall–Kier alpha value is -0.130. The van der Waals surface area contributed by atoms with Crippen LogP contribution in [0.2, 0.25) is 0 Å². The fourth-order valence-corrected chi connectivity index (χ4v) is 2.17. The largest absolute Gasteiger partial charge is 0.748 e. The van der Waals surface area contributed by atoms with Crippen molar-refractivity contribution >= 4 is 10.1 Å². The molecule has 0 aliphatic carbocycles. The van der Waals surface area contributed by atoms with Gasteiger partial charge in [0.15, 0.2) is 0 Å². The third-order valence-corrected chi connectivity index (χ3v) is 3.19. The Balaban J connectivity index is 2.47. The lowest BCUT2D eigenvalue weighted by molar-refractivity contribution is 0.376. The van der Waals surface area contributed by atoms with Crippen molar-refractivity contribution in [1.29, 1.82) is 0 Å². The van der Waals surface area contributed by atoms with Gasteiger partial charge in [-0.15, -0.1) is 0 Å². The molecule has 0 N–H and O–H groups in total. The molecule has 2 unspecified atom stereocenters. The number of hydrogen-bond donors (Lipinski definition) is 0. The summed E-state index contributed by atoms with van der Waals surface area (Å²) in [7, 11) is -4.11. The predicted molar refractivity (Wildman–Crippen MR) is 42.8 cm³/mol. The second-order valence-electron chi connectivity index (χ2n) is 3.09. The first-order valence-electron chi connectivity index (χ1n) is 4.10. The van der Waals surface area contributed by atoms with Gasteiger partial charge in [-0.25, -0.2) is 8.42 Å². The lowest BCUT2D eigenvalue weighted by Crippen LogP contribution is -2.22. The van der Waals surface area contributed by atoms with Crippen LogP contribution in [-0.4, -0.2) is 30.9 Å². The standard InChI is InChI=1S/C7H14O4S/c1-2-3-7(12(8,9)10)4-6-5-11-6/h6-7H,2-5H2,1H3,(H,8,9,10)/p-1. The molecule has 0 aromatic heterocycles. The molecule has 12 heavy (non-hydrogen) atoms. The molecule has 4 nitrogen and oxygen atoms in total. The summed E-state index contributed by atoms with van der Waals surface area (Å²) < 4.78 is 36.9. The molecule has 1 saturated heterocycles. The van der Waals surface area contributed by atoms with Crippen molar-refractivity contribution in [2.45, 2.75) is 37.5 Å². The Morgan fingerprint density at radius 2 is 2.25 bits per heavy atom. The van der Waals surface area contributed by atoms with Crippen LogP contribution in [0.4, 0.5) is 0 Å². The molecule has 0 aromatic carbocycles. The molecule has 0 aromatic rings. The van der Waals surface area contributed by atoms with Gasteiger partial charge in [0.05, 0.1) is 28.1 Å². The van der Waals surface area contributed by atoms with Crippen molar-refractivity contribution in [3.05, 3.63) is 0 Å². The van der Waals surface area contributed by atoms with E-state index in [1.807, 2.05) is 6.92 Å². The molecular weight excluding hydrogens is 180 g/mol. The fourth-order valence-electron chi connectivity index (χ4n) is 1.20. The Morgan fingerprint density at radius 1 is 1.67 bits per heavy atom. The summed E-state index contributed by atoms with van der Waals surface area (Å²) in [6, 6.07) is 0. The maximum Gasteiger partial charge on any atom is 0.0976 e. The average molecular weight is 193 g/mol. The SMILES string of the molecule is CCCC(CC1CO1)S(=O)(=O)[O-]. The van der Waals surface area contributed by atoms with Gasteiger partial charge in [-0.05, 0) is 12.8 Å². The Kier molecular flexibility index (Phi) is 3.09. The van der Waals surface area contributed by atoms with Gasteiger partial charge in [0.25, 0.3) is 0 Å². The molecule has 1 aliphatic rings. The average Bonchev–Trinajstić information content (AvgIpc) is 2.68. The van der Waals surface area contributed by atoms with E-state index in [2.05, 4.69) is 0 Å². The summed E-state index contributed by atoms with van der Waals surface area (Å²) in [5, 5.41) is -0.741. The van der Waals surface area contributed by atoms with Crippen molar-refractivity contribution in [1.82, 2.24) is 0 Å². The Morgan fingerprint density at radius 3 is 2.58 bits per heavy atom. The van der Waals surface area contributed by atoms with Gasteiger partial charge in [-0.3, -0.25) is 0 Å². The smallest absolute Gasteiger partial charge is 0.0976 e. The zero-order valence-electron chi connectivity index (χ0n) is 7.02. The molecule has 1 heterocycles. The maximum absolute atomic E-state index is 10.7. The third-order valence-electron chi connectivity index (χ3n) is 1.95. The van der Waals surface area contributed by atoms with Gasteiger partial charge in [0.2, 0.25) is 0 Å². The predicted octanol–water partition coefficient (Wildman–Crippen LogP) is 0.489. The zero-order chi connectivity index (χ0) is 9.19. The summed E-state index contributed by atoms with van der Waals surface area (Å²) in [5.41, 5.74) is 0. The van der Waals surface area contributed by atoms with Crippen LogP contribution < -0.4 is 0 Å². The monoisotopic (exact) mass is 193 g/mol. The minimum absolute atomic E-state index is 0.0188. The normalized spacial score (nSPS) is 25.3. The van der Waals surface area contributed by atoms with Crippen LogP contribution >= 0.6 is 0 Å². The lowest BCUT2D eigenvalue weighted by atomic mass is 10.1. The summed E-state index contributed by atoms with van der Waals surface area (Å²) in [6.07, 6.45) is 1.56. The first-order chi connectivity index (χ1) is 5.54. The molecule has 1 fully saturated rings. The van der Waals surface area contributed by atoms with E-state index in [-0.39, 0.29) is 6.10 Å². The molecular formula is C7H13O4S-. The molecule has 2 atom stereocenters. The number of epoxide rings is 1. The van der Waals surface area contributed by atoms with E-state index in [4.69, 9.17) is 4.74 Å². The number of rotatable bonds is 5. The highest BCUT2D eigenvalue weighted by molar-refractivity contribution is 7.86. The van der Waals surface area contributed by atoms with Crippen molar-refractivity contribution in [3.63, 3.8) is 0 Å². The summed E-state index contributed by atoms with van der Waals surface area (Å²) in [4.78, 5) is 0. The molecule has 1 rings (SSSR count). The van der Waals surface area contributed by atoms with E-state index >= 15 is 0 Å². The van der Waals surface area contributed by atoms with E-state index in [1.165, 1.54) is 0 Å². The molecule has 0 bridgehead atoms. The number of hydrogen-bond acceptors (Lipinski definition) is 4. The molecule has 5 heteroatoms. The van der Waals surface area contributed by atoms with Crippen LogP contribution in [0.5, 0.6) is 0 Å². The van der Waals surface area contributed by atoms with Crippen LogP contribution in [0.15, 0.2) is 0 Å². The Labute approximate surface area is 72.7 Å². The van der Waals surface area contributed by atoms with Crippen LogP contribution in [-0.2, 0) is 14.9 Å². The molecule has 0 amide bonds. The van der Waals surface area contributed by atoms with Gasteiger partial charge >= 0.3 is 0 Å². The van der Waals surface area contributed by atoms with Crippen molar-refractivity contribution in [2.24, 2.45) is 0 Å². The number of ether oxygens (including phenoxy) is 1. The molecule has 0 radical (unpaired) electrons. The molecule has 0 saturated carbocycles. The van der Waals surface area contributed by atoms with Crippen LogP contribution in [0, 0.1) is 0 Å². The fraction of sp³-hybridized carbons (Fsp3) is 1.00. The Bertz CT molecular complexity index is 230. The minimum Gasteiger partial charge on any atom is -0.748 e. The second kappa shape index (κ2) is 3.72. The summed E-state index contributed by atoms with van der Waals surface area (Å²) in [6.45, 7) is 2.47. The second-order valence-corrected chi connectivity index (χ2v) is 4.75. The highest BCUT2D eigenvalue weighted by atomic mass is 32.2. The topological polar surface area (TPSA) is 69.7 Å². The van der Waals surface area contributed by atoms with Crippen molar-refractivity contribution in [2.75, 3.05) is 6.61 Å². The molecule has 72 valence electrons. The van der Waals surface area contributed by atoms with E-state index in [1.54, 1.807) is 0 Å². The third kappa shape index (κ3) is 3.08. The summed E-state index contributed by atoms with van der Waals surface area (Å²) >= 11 is 0. The first kappa shape index (κ1) is 9.95. The van der Waals surface area contributed by atoms with E-state index in [0.717, 1.165) is 6.42 Å². The van der Waals surface area contributed by atoms with Crippen molar-refractivity contribution in [3.8, 4) is 0 Å². The lowest BCUT2D eigenvalue weighted by Gasteiger charge is -2.18. The van der Waals surface area contributed by atoms with E-state index in [0.29, 0.717) is 19.4 Å². The van der Waals surface area contributed by atoms with Crippen molar-refractivity contribution < 1.29 is 17.7 Å². The molecule has 0 spiro atoms.